The van der Waals surface area contributed by atoms with Crippen LogP contribution in [-0.4, -0.2) is 40.4 Å². The number of nitrogens with one attached hydrogen (secondary N) is 1. The number of aromatic nitrogens is 2. The maximum absolute atomic E-state index is 14.6. The van der Waals surface area contributed by atoms with Crippen LogP contribution in [0.15, 0.2) is 55.8 Å². The Labute approximate surface area is 174 Å². The molecule has 0 saturated carbocycles. The van der Waals surface area contributed by atoms with E-state index in [-0.39, 0.29) is 18.5 Å². The van der Waals surface area contributed by atoms with Crippen molar-refractivity contribution < 1.29 is 14.2 Å². The normalized spacial score (nSPS) is 18.9. The van der Waals surface area contributed by atoms with Crippen molar-refractivity contribution in [3.8, 4) is 0 Å². The van der Waals surface area contributed by atoms with Crippen LogP contribution in [0.4, 0.5) is 4.39 Å². The van der Waals surface area contributed by atoms with Gasteiger partial charge in [0.15, 0.2) is 0 Å². The first-order valence-electron chi connectivity index (χ1n) is 9.92. The molecule has 4 rings (SSSR count). The molecule has 6 heteroatoms. The number of rotatable bonds is 6. The maximum atomic E-state index is 14.6. The van der Waals surface area contributed by atoms with Gasteiger partial charge in [0.25, 0.3) is 0 Å². The summed E-state index contributed by atoms with van der Waals surface area (Å²) in [7, 11) is 0. The third-order valence-electron chi connectivity index (χ3n) is 5.32. The van der Waals surface area contributed by atoms with Crippen LogP contribution in [0.2, 0.25) is 0 Å². The predicted octanol–water partition coefficient (Wildman–Crippen LogP) is 3.71. The van der Waals surface area contributed by atoms with Gasteiger partial charge in [0.05, 0.1) is 35.8 Å². The minimum atomic E-state index is -0.624. The van der Waals surface area contributed by atoms with E-state index >= 15 is 0 Å². The van der Waals surface area contributed by atoms with Crippen molar-refractivity contribution in [1.29, 1.82) is 0 Å². The molecule has 0 unspecified atom stereocenters. The zero-order valence-corrected chi connectivity index (χ0v) is 16.6. The summed E-state index contributed by atoms with van der Waals surface area (Å²) in [5.41, 5.74) is 4.14. The highest BCUT2D eigenvalue weighted by Gasteiger charge is 2.24. The zero-order valence-electron chi connectivity index (χ0n) is 16.6. The molecule has 3 aromatic rings. The highest BCUT2D eigenvalue weighted by Crippen LogP contribution is 2.26. The number of pyridine rings is 2. The van der Waals surface area contributed by atoms with Crippen LogP contribution in [0.1, 0.15) is 28.9 Å². The van der Waals surface area contributed by atoms with Crippen molar-refractivity contribution in [2.45, 2.75) is 25.0 Å². The van der Waals surface area contributed by atoms with Gasteiger partial charge in [0.2, 0.25) is 0 Å². The molecule has 0 radical (unpaired) electrons. The molecule has 0 spiro atoms. The summed E-state index contributed by atoms with van der Waals surface area (Å²) < 4.78 is 19.9. The number of para-hydroxylation sites is 1. The fourth-order valence-electron chi connectivity index (χ4n) is 3.65. The summed E-state index contributed by atoms with van der Waals surface area (Å²) >= 11 is 0. The first-order valence-corrected chi connectivity index (χ1v) is 9.92. The number of nitrogens with zero attached hydrogens (tertiary/aromatic N) is 2. The van der Waals surface area contributed by atoms with E-state index in [0.29, 0.717) is 36.4 Å². The van der Waals surface area contributed by atoms with Gasteiger partial charge in [0.1, 0.15) is 11.3 Å². The minimum absolute atomic E-state index is 0.177. The first kappa shape index (κ1) is 20.2. The summed E-state index contributed by atoms with van der Waals surface area (Å²) in [6, 6.07) is 10.6. The van der Waals surface area contributed by atoms with E-state index in [1.807, 2.05) is 24.3 Å². The molecule has 1 saturated heterocycles. The van der Waals surface area contributed by atoms with Gasteiger partial charge < -0.3 is 15.2 Å². The number of aliphatic hydroxyl groups is 1. The first-order chi connectivity index (χ1) is 14.5. The van der Waals surface area contributed by atoms with E-state index in [2.05, 4.69) is 28.4 Å². The second-order valence-corrected chi connectivity index (χ2v) is 7.44. The van der Waals surface area contributed by atoms with E-state index in [0.717, 1.165) is 22.2 Å². The molecule has 0 aliphatic carbocycles. The van der Waals surface area contributed by atoms with E-state index in [1.165, 1.54) is 6.07 Å². The average Bonchev–Trinajstić information content (AvgIpc) is 2.76. The van der Waals surface area contributed by atoms with Crippen molar-refractivity contribution in [3.05, 3.63) is 84.1 Å². The molecule has 0 amide bonds. The second kappa shape index (κ2) is 8.73. The summed E-state index contributed by atoms with van der Waals surface area (Å²) in [5.74, 6) is -0.380. The van der Waals surface area contributed by atoms with E-state index in [4.69, 9.17) is 4.74 Å². The van der Waals surface area contributed by atoms with Gasteiger partial charge in [0, 0.05) is 18.2 Å². The van der Waals surface area contributed by atoms with Gasteiger partial charge in [-0.3, -0.25) is 4.98 Å². The molecular formula is C24H24FN3O2. The van der Waals surface area contributed by atoms with Crippen molar-refractivity contribution in [3.63, 3.8) is 0 Å². The highest BCUT2D eigenvalue weighted by atomic mass is 19.1. The molecule has 2 atom stereocenters. The molecule has 0 bridgehead atoms. The van der Waals surface area contributed by atoms with Gasteiger partial charge >= 0.3 is 0 Å². The Morgan fingerprint density at radius 3 is 2.93 bits per heavy atom. The molecule has 2 aromatic heterocycles. The predicted molar refractivity (Wildman–Crippen MR) is 116 cm³/mol. The molecule has 1 aromatic carbocycles. The van der Waals surface area contributed by atoms with E-state index in [9.17, 15) is 9.50 Å². The van der Waals surface area contributed by atoms with Crippen LogP contribution in [-0.2, 0) is 11.2 Å². The number of fused-ring (bicyclic) bond motifs is 1. The van der Waals surface area contributed by atoms with Crippen molar-refractivity contribution in [2.24, 2.45) is 0 Å². The monoisotopic (exact) mass is 405 g/mol. The number of aliphatic hydroxyl groups excluding tert-OH is 1. The highest BCUT2D eigenvalue weighted by molar-refractivity contribution is 5.85. The number of hydrogen-bond acceptors (Lipinski definition) is 5. The lowest BCUT2D eigenvalue weighted by Gasteiger charge is -2.30. The molecule has 154 valence electrons. The lowest BCUT2D eigenvalue weighted by Crippen LogP contribution is -2.45. The molecule has 2 N–H and O–H groups in total. The Hall–Kier alpha value is -3.09. The maximum Gasteiger partial charge on any atom is 0.149 e. The molecule has 1 aliphatic heterocycles. The SMILES string of the molecule is C=Cc1ccc(Cc2cc(C(=C)N[C@H]3CCOC[C@@H]3O)nc3c(F)cccc23)cn1. The fourth-order valence-corrected chi connectivity index (χ4v) is 3.65. The van der Waals surface area contributed by atoms with Gasteiger partial charge in [-0.25, -0.2) is 9.37 Å². The van der Waals surface area contributed by atoms with Crippen molar-refractivity contribution >= 4 is 22.7 Å². The van der Waals surface area contributed by atoms with Crippen LogP contribution in [0, 0.1) is 5.82 Å². The number of halogens is 1. The topological polar surface area (TPSA) is 67.3 Å². The number of hydrogen-bond donors (Lipinski definition) is 2. The lowest BCUT2D eigenvalue weighted by atomic mass is 9.99. The Morgan fingerprint density at radius 2 is 2.20 bits per heavy atom. The molecule has 5 nitrogen and oxygen atoms in total. The smallest absolute Gasteiger partial charge is 0.149 e. The summed E-state index contributed by atoms with van der Waals surface area (Å²) in [6.45, 7) is 8.67. The molecule has 1 aliphatic rings. The van der Waals surface area contributed by atoms with Crippen LogP contribution < -0.4 is 5.32 Å². The van der Waals surface area contributed by atoms with Crippen LogP contribution in [0.5, 0.6) is 0 Å². The quantitative estimate of drug-likeness (QED) is 0.654. The van der Waals surface area contributed by atoms with Gasteiger partial charge in [-0.1, -0.05) is 31.4 Å². The molecule has 3 heterocycles. The lowest BCUT2D eigenvalue weighted by molar-refractivity contribution is -0.0237. The van der Waals surface area contributed by atoms with E-state index < -0.39 is 6.10 Å². The van der Waals surface area contributed by atoms with Gasteiger partial charge in [-0.2, -0.15) is 0 Å². The number of ether oxygens (including phenoxy) is 1. The van der Waals surface area contributed by atoms with E-state index in [1.54, 1.807) is 18.3 Å². The molecule has 1 fully saturated rings. The Kier molecular flexibility index (Phi) is 5.88. The standard InChI is InChI=1S/C24H24FN3O2/c1-3-18-8-7-16(13-26-18)11-17-12-22(28-24-19(17)5-4-6-20(24)25)15(2)27-21-9-10-30-14-23(21)29/h3-8,12-13,21,23,27,29H,1-2,9-11,14H2/t21-,23-/m0/s1. The number of benzene rings is 1. The summed E-state index contributed by atoms with van der Waals surface area (Å²) in [4.78, 5) is 8.87. The van der Waals surface area contributed by atoms with Gasteiger partial charge in [-0.15, -0.1) is 0 Å². The average molecular weight is 405 g/mol. The Balaban J connectivity index is 1.68. The third-order valence-corrected chi connectivity index (χ3v) is 5.32. The summed E-state index contributed by atoms with van der Waals surface area (Å²) in [5, 5.41) is 14.1. The Bertz CT molecular complexity index is 1080. The molecular weight excluding hydrogens is 381 g/mol. The Morgan fingerprint density at radius 1 is 1.33 bits per heavy atom. The fraction of sp³-hybridized carbons (Fsp3) is 0.250. The molecule has 30 heavy (non-hydrogen) atoms. The van der Waals surface area contributed by atoms with Gasteiger partial charge in [-0.05, 0) is 48.2 Å². The second-order valence-electron chi connectivity index (χ2n) is 7.44. The van der Waals surface area contributed by atoms with Crippen molar-refractivity contribution in [2.75, 3.05) is 13.2 Å². The van der Waals surface area contributed by atoms with Crippen molar-refractivity contribution in [1.82, 2.24) is 15.3 Å². The zero-order chi connectivity index (χ0) is 21.1. The third kappa shape index (κ3) is 4.25. The van der Waals surface area contributed by atoms with Crippen LogP contribution >= 0.6 is 0 Å². The van der Waals surface area contributed by atoms with Crippen LogP contribution in [0.3, 0.4) is 0 Å². The largest absolute Gasteiger partial charge is 0.389 e. The van der Waals surface area contributed by atoms with Crippen LogP contribution in [0.25, 0.3) is 22.7 Å². The summed E-state index contributed by atoms with van der Waals surface area (Å²) in [6.07, 6.45) is 4.11. The minimum Gasteiger partial charge on any atom is -0.389 e.